The monoisotopic (exact) mass is 466 g/mol. The second-order valence-corrected chi connectivity index (χ2v) is 9.46. The van der Waals surface area contributed by atoms with Gasteiger partial charge in [0.05, 0.1) is 19.1 Å². The number of carbonyl (C=O) groups excluding carboxylic acids is 1. The number of ether oxygens (including phenoxy) is 2. The van der Waals surface area contributed by atoms with Gasteiger partial charge in [-0.15, -0.1) is 0 Å². The van der Waals surface area contributed by atoms with Crippen LogP contribution >= 0.6 is 0 Å². The molecular formula is C25H26N2O5S. The Kier molecular flexibility index (Phi) is 6.67. The normalized spacial score (nSPS) is 13.0. The smallest absolute Gasteiger partial charge is 0.258 e. The van der Waals surface area contributed by atoms with Crippen molar-refractivity contribution in [2.24, 2.45) is 0 Å². The maximum Gasteiger partial charge on any atom is 0.258 e. The van der Waals surface area contributed by atoms with Crippen LogP contribution in [0.2, 0.25) is 0 Å². The molecule has 0 atom stereocenters. The first kappa shape index (κ1) is 22.8. The van der Waals surface area contributed by atoms with Crippen LogP contribution in [-0.4, -0.2) is 41.6 Å². The molecule has 1 aliphatic heterocycles. The Morgan fingerprint density at radius 1 is 0.970 bits per heavy atom. The van der Waals surface area contributed by atoms with E-state index in [1.165, 1.54) is 12.1 Å². The van der Waals surface area contributed by atoms with Gasteiger partial charge in [-0.1, -0.05) is 24.3 Å². The fraction of sp³-hybridized carbons (Fsp3) is 0.240. The van der Waals surface area contributed by atoms with Crippen molar-refractivity contribution in [3.63, 3.8) is 0 Å². The average Bonchev–Trinajstić information content (AvgIpc) is 3.27. The Morgan fingerprint density at radius 3 is 2.42 bits per heavy atom. The average molecular weight is 467 g/mol. The minimum Gasteiger partial charge on any atom is -0.493 e. The van der Waals surface area contributed by atoms with E-state index >= 15 is 0 Å². The highest BCUT2D eigenvalue weighted by molar-refractivity contribution is 7.89. The quantitative estimate of drug-likeness (QED) is 0.550. The topological polar surface area (TPSA) is 84.9 Å². The van der Waals surface area contributed by atoms with E-state index in [1.807, 2.05) is 36.4 Å². The third-order valence-electron chi connectivity index (χ3n) is 5.70. The highest BCUT2D eigenvalue weighted by atomic mass is 32.2. The molecule has 172 valence electrons. The van der Waals surface area contributed by atoms with Crippen LogP contribution in [0.25, 0.3) is 0 Å². The number of nitrogens with one attached hydrogen (secondary N) is 1. The molecule has 0 bridgehead atoms. The lowest BCUT2D eigenvalue weighted by molar-refractivity contribution is 0.0989. The van der Waals surface area contributed by atoms with Crippen molar-refractivity contribution >= 4 is 21.6 Å². The van der Waals surface area contributed by atoms with Crippen molar-refractivity contribution in [1.82, 2.24) is 4.72 Å². The summed E-state index contributed by atoms with van der Waals surface area (Å²) in [4.78, 5) is 14.8. The molecule has 8 heteroatoms. The van der Waals surface area contributed by atoms with Crippen molar-refractivity contribution in [2.75, 3.05) is 32.2 Å². The summed E-state index contributed by atoms with van der Waals surface area (Å²) < 4.78 is 38.5. The molecule has 0 unspecified atom stereocenters. The molecular weight excluding hydrogens is 440 g/mol. The zero-order valence-electron chi connectivity index (χ0n) is 18.6. The van der Waals surface area contributed by atoms with Gasteiger partial charge in [0.1, 0.15) is 0 Å². The summed E-state index contributed by atoms with van der Waals surface area (Å²) in [7, 11) is -0.579. The lowest BCUT2D eigenvalue weighted by Gasteiger charge is -2.17. The first-order valence-corrected chi connectivity index (χ1v) is 12.1. The number of fused-ring (bicyclic) bond motifs is 1. The molecule has 0 aliphatic carbocycles. The highest BCUT2D eigenvalue weighted by Crippen LogP contribution is 2.29. The van der Waals surface area contributed by atoms with Crippen molar-refractivity contribution in [3.8, 4) is 11.5 Å². The standard InChI is InChI=1S/C25H26N2O5S/c1-31-23-12-7-18(17-24(23)32-2)13-15-26-33(29,30)21-10-8-20(9-11-21)25(28)27-16-14-19-5-3-4-6-22(19)27/h3-12,17,26H,13-16H2,1-2H3. The predicted octanol–water partition coefficient (Wildman–Crippen LogP) is 3.43. The Balaban J connectivity index is 1.39. The van der Waals surface area contributed by atoms with E-state index in [0.29, 0.717) is 30.0 Å². The van der Waals surface area contributed by atoms with Crippen molar-refractivity contribution < 1.29 is 22.7 Å². The maximum absolute atomic E-state index is 12.9. The van der Waals surface area contributed by atoms with Crippen molar-refractivity contribution in [3.05, 3.63) is 83.4 Å². The summed E-state index contributed by atoms with van der Waals surface area (Å²) >= 11 is 0. The van der Waals surface area contributed by atoms with Crippen LogP contribution in [0.3, 0.4) is 0 Å². The van der Waals surface area contributed by atoms with Crippen molar-refractivity contribution in [1.29, 1.82) is 0 Å². The zero-order chi connectivity index (χ0) is 23.4. The molecule has 0 radical (unpaired) electrons. The highest BCUT2D eigenvalue weighted by Gasteiger charge is 2.25. The number of anilines is 1. The van der Waals surface area contributed by atoms with Gasteiger partial charge in [-0.25, -0.2) is 13.1 Å². The van der Waals surface area contributed by atoms with Crippen LogP contribution in [0.1, 0.15) is 21.5 Å². The molecule has 1 N–H and O–H groups in total. The van der Waals surface area contributed by atoms with Crippen LogP contribution in [0, 0.1) is 0 Å². The molecule has 3 aromatic carbocycles. The number of sulfonamides is 1. The Morgan fingerprint density at radius 2 is 1.70 bits per heavy atom. The lowest BCUT2D eigenvalue weighted by Crippen LogP contribution is -2.29. The summed E-state index contributed by atoms with van der Waals surface area (Å²) in [5.74, 6) is 1.08. The summed E-state index contributed by atoms with van der Waals surface area (Å²) in [6.07, 6.45) is 1.31. The van der Waals surface area contributed by atoms with Gasteiger partial charge in [-0.2, -0.15) is 0 Å². The lowest BCUT2D eigenvalue weighted by atomic mass is 10.1. The Labute approximate surface area is 194 Å². The third kappa shape index (κ3) is 4.86. The summed E-state index contributed by atoms with van der Waals surface area (Å²) in [5, 5.41) is 0. The molecule has 33 heavy (non-hydrogen) atoms. The van der Waals surface area contributed by atoms with Crippen molar-refractivity contribution in [2.45, 2.75) is 17.7 Å². The molecule has 0 aromatic heterocycles. The van der Waals surface area contributed by atoms with Crippen LogP contribution in [0.15, 0.2) is 71.6 Å². The molecule has 1 heterocycles. The van der Waals surface area contributed by atoms with E-state index in [0.717, 1.165) is 23.2 Å². The minimum absolute atomic E-state index is 0.119. The SMILES string of the molecule is COc1ccc(CCNS(=O)(=O)c2ccc(C(=O)N3CCc4ccccc43)cc2)cc1OC. The van der Waals surface area contributed by atoms with E-state index in [1.54, 1.807) is 37.3 Å². The summed E-state index contributed by atoms with van der Waals surface area (Å²) in [5.41, 5.74) is 3.43. The van der Waals surface area contributed by atoms with Crippen LogP contribution < -0.4 is 19.1 Å². The molecule has 1 amide bonds. The first-order valence-electron chi connectivity index (χ1n) is 10.6. The zero-order valence-corrected chi connectivity index (χ0v) is 19.4. The molecule has 7 nitrogen and oxygen atoms in total. The fourth-order valence-electron chi connectivity index (χ4n) is 3.93. The van der Waals surface area contributed by atoms with Gasteiger partial charge in [0.2, 0.25) is 10.0 Å². The van der Waals surface area contributed by atoms with Gasteiger partial charge in [-0.3, -0.25) is 4.79 Å². The third-order valence-corrected chi connectivity index (χ3v) is 7.17. The van der Waals surface area contributed by atoms with Crippen LogP contribution in [0.5, 0.6) is 11.5 Å². The Hall–Kier alpha value is -3.36. The molecule has 0 saturated heterocycles. The number of amides is 1. The largest absolute Gasteiger partial charge is 0.493 e. The van der Waals surface area contributed by atoms with Gasteiger partial charge in [0, 0.05) is 24.3 Å². The van der Waals surface area contributed by atoms with E-state index in [-0.39, 0.29) is 17.3 Å². The Bertz CT molecular complexity index is 1260. The minimum atomic E-state index is -3.70. The van der Waals surface area contributed by atoms with E-state index in [4.69, 9.17) is 9.47 Å². The van der Waals surface area contributed by atoms with E-state index in [9.17, 15) is 13.2 Å². The van der Waals surface area contributed by atoms with Gasteiger partial charge in [0.25, 0.3) is 5.91 Å². The number of hydrogen-bond acceptors (Lipinski definition) is 5. The van der Waals surface area contributed by atoms with E-state index < -0.39 is 10.0 Å². The number of benzene rings is 3. The predicted molar refractivity (Wildman–Crippen MR) is 127 cm³/mol. The maximum atomic E-state index is 12.9. The molecule has 0 saturated carbocycles. The summed E-state index contributed by atoms with van der Waals surface area (Å²) in [6, 6.07) is 19.4. The number of rotatable bonds is 8. The van der Waals surface area contributed by atoms with Crippen LogP contribution in [0.4, 0.5) is 5.69 Å². The van der Waals surface area contributed by atoms with Gasteiger partial charge < -0.3 is 14.4 Å². The first-order chi connectivity index (χ1) is 15.9. The fourth-order valence-corrected chi connectivity index (χ4v) is 4.96. The van der Waals surface area contributed by atoms with Crippen LogP contribution in [-0.2, 0) is 22.9 Å². The number of methoxy groups -OCH3 is 2. The number of para-hydroxylation sites is 1. The molecule has 0 spiro atoms. The number of hydrogen-bond donors (Lipinski definition) is 1. The van der Waals surface area contributed by atoms with E-state index in [2.05, 4.69) is 4.72 Å². The molecule has 4 rings (SSSR count). The second-order valence-electron chi connectivity index (χ2n) is 7.70. The van der Waals surface area contributed by atoms with Gasteiger partial charge >= 0.3 is 0 Å². The number of nitrogens with zero attached hydrogens (tertiary/aromatic N) is 1. The summed E-state index contributed by atoms with van der Waals surface area (Å²) in [6.45, 7) is 0.846. The van der Waals surface area contributed by atoms with Gasteiger partial charge in [0.15, 0.2) is 11.5 Å². The number of carbonyl (C=O) groups is 1. The molecule has 3 aromatic rings. The van der Waals surface area contributed by atoms with Gasteiger partial charge in [-0.05, 0) is 66.4 Å². The molecule has 0 fully saturated rings. The molecule has 1 aliphatic rings. The second kappa shape index (κ2) is 9.64.